The third kappa shape index (κ3) is 8.07. The van der Waals surface area contributed by atoms with Gasteiger partial charge in [0.2, 0.25) is 21.8 Å². The summed E-state index contributed by atoms with van der Waals surface area (Å²) >= 11 is 5.99. The fourth-order valence-corrected chi connectivity index (χ4v) is 4.53. The van der Waals surface area contributed by atoms with Crippen molar-refractivity contribution in [3.63, 3.8) is 0 Å². The lowest BCUT2D eigenvalue weighted by atomic mass is 10.1. The van der Waals surface area contributed by atoms with Crippen LogP contribution in [-0.2, 0) is 26.2 Å². The number of benzene rings is 2. The predicted octanol–water partition coefficient (Wildman–Crippen LogP) is 3.64. The highest BCUT2D eigenvalue weighted by Gasteiger charge is 2.31. The maximum atomic E-state index is 13.6. The van der Waals surface area contributed by atoms with Gasteiger partial charge in [0.1, 0.15) is 12.6 Å². The first-order valence-corrected chi connectivity index (χ1v) is 13.6. The van der Waals surface area contributed by atoms with E-state index >= 15 is 0 Å². The Morgan fingerprint density at radius 2 is 1.71 bits per heavy atom. The molecule has 2 aromatic rings. The molecule has 190 valence electrons. The summed E-state index contributed by atoms with van der Waals surface area (Å²) in [7, 11) is -3.88. The van der Waals surface area contributed by atoms with E-state index in [-0.39, 0.29) is 23.9 Å². The van der Waals surface area contributed by atoms with Crippen LogP contribution >= 0.6 is 11.6 Å². The summed E-state index contributed by atoms with van der Waals surface area (Å²) < 4.78 is 26.3. The van der Waals surface area contributed by atoms with Crippen molar-refractivity contribution in [1.29, 1.82) is 0 Å². The van der Waals surface area contributed by atoms with Crippen molar-refractivity contribution in [2.75, 3.05) is 23.7 Å². The molecule has 1 N–H and O–H groups in total. The minimum absolute atomic E-state index is 0.0964. The lowest BCUT2D eigenvalue weighted by Crippen LogP contribution is -2.52. The summed E-state index contributed by atoms with van der Waals surface area (Å²) in [6, 6.07) is 12.2. The fourth-order valence-electron chi connectivity index (χ4n) is 3.57. The number of hydrogen-bond donors (Lipinski definition) is 1. The van der Waals surface area contributed by atoms with E-state index in [9.17, 15) is 22.8 Å². The van der Waals surface area contributed by atoms with Gasteiger partial charge in [-0.3, -0.25) is 18.7 Å². The lowest BCUT2D eigenvalue weighted by molar-refractivity contribution is -0.140. The highest BCUT2D eigenvalue weighted by molar-refractivity contribution is 7.92. The van der Waals surface area contributed by atoms with Gasteiger partial charge in [0.15, 0.2) is 5.78 Å². The second-order valence-corrected chi connectivity index (χ2v) is 10.6. The van der Waals surface area contributed by atoms with E-state index in [0.29, 0.717) is 23.6 Å². The van der Waals surface area contributed by atoms with Gasteiger partial charge in [-0.05, 0) is 49.6 Å². The van der Waals surface area contributed by atoms with Crippen molar-refractivity contribution in [3.05, 3.63) is 64.7 Å². The van der Waals surface area contributed by atoms with E-state index in [0.717, 1.165) is 22.5 Å². The van der Waals surface area contributed by atoms with Crippen molar-refractivity contribution >= 4 is 44.9 Å². The molecule has 0 saturated heterocycles. The smallest absolute Gasteiger partial charge is 0.244 e. The van der Waals surface area contributed by atoms with E-state index in [1.807, 2.05) is 6.92 Å². The zero-order valence-electron chi connectivity index (χ0n) is 20.5. The molecule has 0 aliphatic rings. The number of rotatable bonds is 12. The third-order valence-corrected chi connectivity index (χ3v) is 6.81. The molecule has 0 radical (unpaired) electrons. The average Bonchev–Trinajstić information content (AvgIpc) is 2.81. The molecule has 0 saturated carbocycles. The molecule has 35 heavy (non-hydrogen) atoms. The summed E-state index contributed by atoms with van der Waals surface area (Å²) in [6.45, 7) is 5.14. The van der Waals surface area contributed by atoms with Crippen LogP contribution in [-0.4, -0.2) is 56.3 Å². The Morgan fingerprint density at radius 1 is 1.06 bits per heavy atom. The monoisotopic (exact) mass is 521 g/mol. The van der Waals surface area contributed by atoms with Gasteiger partial charge in [-0.25, -0.2) is 8.42 Å². The summed E-state index contributed by atoms with van der Waals surface area (Å²) in [5.41, 5.74) is 1.27. The Kier molecular flexibility index (Phi) is 10.3. The molecule has 0 aliphatic carbocycles. The van der Waals surface area contributed by atoms with E-state index in [4.69, 9.17) is 11.6 Å². The molecule has 2 aromatic carbocycles. The first-order chi connectivity index (χ1) is 16.5. The van der Waals surface area contributed by atoms with Gasteiger partial charge < -0.3 is 10.2 Å². The summed E-state index contributed by atoms with van der Waals surface area (Å²) in [5.74, 6) is -1.08. The lowest BCUT2D eigenvalue weighted by Gasteiger charge is -2.33. The molecule has 0 aliphatic heterocycles. The summed E-state index contributed by atoms with van der Waals surface area (Å²) in [4.78, 5) is 39.7. The molecule has 0 spiro atoms. The average molecular weight is 522 g/mol. The van der Waals surface area contributed by atoms with Crippen molar-refractivity contribution in [1.82, 2.24) is 10.2 Å². The maximum absolute atomic E-state index is 13.6. The molecule has 8 nitrogen and oxygen atoms in total. The van der Waals surface area contributed by atoms with Gasteiger partial charge >= 0.3 is 0 Å². The van der Waals surface area contributed by atoms with Crippen LogP contribution in [0.2, 0.25) is 5.02 Å². The Hall–Kier alpha value is -2.91. The quantitative estimate of drug-likeness (QED) is 0.429. The molecule has 2 rings (SSSR count). The standard InChI is InChI=1S/C25H32ClN3O5S/c1-5-14-27-25(32)23(6-2)28(16-19-10-12-21(26)13-11-19)24(31)17-29(35(4,33)34)22-9-7-8-20(15-22)18(3)30/h7-13,15,23H,5-6,14,16-17H2,1-4H3,(H,27,32). The molecule has 10 heteroatoms. The van der Waals surface area contributed by atoms with Crippen LogP contribution in [0.5, 0.6) is 0 Å². The van der Waals surface area contributed by atoms with Crippen molar-refractivity contribution in [2.24, 2.45) is 0 Å². The number of carbonyl (C=O) groups is 3. The van der Waals surface area contributed by atoms with Crippen LogP contribution in [0.15, 0.2) is 48.5 Å². The minimum atomic E-state index is -3.88. The number of nitrogens with one attached hydrogen (secondary N) is 1. The molecule has 0 fully saturated rings. The Labute approximate surface area is 212 Å². The van der Waals surface area contributed by atoms with Crippen molar-refractivity contribution in [2.45, 2.75) is 46.2 Å². The molecule has 2 amide bonds. The van der Waals surface area contributed by atoms with Crippen LogP contribution in [0.4, 0.5) is 5.69 Å². The first kappa shape index (κ1) is 28.3. The number of carbonyl (C=O) groups excluding carboxylic acids is 3. The third-order valence-electron chi connectivity index (χ3n) is 5.42. The molecule has 0 aromatic heterocycles. The Balaban J connectivity index is 2.45. The Bertz CT molecular complexity index is 1150. The number of Topliss-reactive ketones (excluding diaryl/α,β-unsaturated/α-hetero) is 1. The largest absolute Gasteiger partial charge is 0.354 e. The van der Waals surface area contributed by atoms with E-state index in [1.165, 1.54) is 24.0 Å². The number of sulfonamides is 1. The van der Waals surface area contributed by atoms with Crippen LogP contribution < -0.4 is 9.62 Å². The van der Waals surface area contributed by atoms with Crippen molar-refractivity contribution in [3.8, 4) is 0 Å². The number of halogens is 1. The van der Waals surface area contributed by atoms with Crippen LogP contribution in [0.25, 0.3) is 0 Å². The zero-order valence-corrected chi connectivity index (χ0v) is 22.0. The second-order valence-electron chi connectivity index (χ2n) is 8.24. The topological polar surface area (TPSA) is 104 Å². The van der Waals surface area contributed by atoms with Crippen LogP contribution in [0, 0.1) is 0 Å². The second kappa shape index (κ2) is 12.7. The first-order valence-electron chi connectivity index (χ1n) is 11.4. The van der Waals surface area contributed by atoms with Gasteiger partial charge in [0.05, 0.1) is 11.9 Å². The van der Waals surface area contributed by atoms with Crippen molar-refractivity contribution < 1.29 is 22.8 Å². The number of amides is 2. The van der Waals surface area contributed by atoms with Gasteiger partial charge in [0.25, 0.3) is 0 Å². The number of ketones is 1. The molecule has 0 heterocycles. The summed E-state index contributed by atoms with van der Waals surface area (Å²) in [5, 5.41) is 3.36. The summed E-state index contributed by atoms with van der Waals surface area (Å²) in [6.07, 6.45) is 2.07. The van der Waals surface area contributed by atoms with Crippen LogP contribution in [0.1, 0.15) is 49.5 Å². The molecule has 1 unspecified atom stereocenters. The molecule has 1 atom stereocenters. The number of anilines is 1. The van der Waals surface area contributed by atoms with E-state index in [1.54, 1.807) is 43.3 Å². The van der Waals surface area contributed by atoms with Crippen LogP contribution in [0.3, 0.4) is 0 Å². The molecular formula is C25H32ClN3O5S. The molecule has 0 bridgehead atoms. The molecular weight excluding hydrogens is 490 g/mol. The fraction of sp³-hybridized carbons (Fsp3) is 0.400. The normalized spacial score (nSPS) is 12.0. The SMILES string of the molecule is CCCNC(=O)C(CC)N(Cc1ccc(Cl)cc1)C(=O)CN(c1cccc(C(C)=O)c1)S(C)(=O)=O. The van der Waals surface area contributed by atoms with E-state index < -0.39 is 28.5 Å². The van der Waals surface area contributed by atoms with Gasteiger partial charge in [0, 0.05) is 23.7 Å². The van der Waals surface area contributed by atoms with Gasteiger partial charge in [-0.15, -0.1) is 0 Å². The number of nitrogens with zero attached hydrogens (tertiary/aromatic N) is 2. The van der Waals surface area contributed by atoms with E-state index in [2.05, 4.69) is 5.32 Å². The number of hydrogen-bond acceptors (Lipinski definition) is 5. The van der Waals surface area contributed by atoms with Gasteiger partial charge in [-0.1, -0.05) is 49.7 Å². The highest BCUT2D eigenvalue weighted by atomic mass is 35.5. The minimum Gasteiger partial charge on any atom is -0.354 e. The zero-order chi connectivity index (χ0) is 26.2. The Morgan fingerprint density at radius 3 is 2.26 bits per heavy atom. The highest BCUT2D eigenvalue weighted by Crippen LogP contribution is 2.21. The maximum Gasteiger partial charge on any atom is 0.244 e. The predicted molar refractivity (Wildman–Crippen MR) is 138 cm³/mol. The van der Waals surface area contributed by atoms with Gasteiger partial charge in [-0.2, -0.15) is 0 Å².